The van der Waals surface area contributed by atoms with Crippen molar-refractivity contribution in [3.05, 3.63) is 29.6 Å². The normalized spacial score (nSPS) is 12.8. The van der Waals surface area contributed by atoms with Gasteiger partial charge in [-0.25, -0.2) is 8.42 Å². The standard InChI is InChI=1S/C11H17NO2S/c1-9-6-5-7-12-10(9)8-15(13,14)11(2,3)4/h5-7H,8H2,1-4H3. The predicted molar refractivity (Wildman–Crippen MR) is 61.4 cm³/mol. The van der Waals surface area contributed by atoms with Gasteiger partial charge in [0.1, 0.15) is 0 Å². The zero-order valence-corrected chi connectivity index (χ0v) is 10.4. The lowest BCUT2D eigenvalue weighted by molar-refractivity contribution is 0.558. The lowest BCUT2D eigenvalue weighted by Gasteiger charge is -2.19. The fourth-order valence-electron chi connectivity index (χ4n) is 1.07. The average molecular weight is 227 g/mol. The quantitative estimate of drug-likeness (QED) is 0.777. The molecule has 0 radical (unpaired) electrons. The van der Waals surface area contributed by atoms with Crippen LogP contribution in [0.15, 0.2) is 18.3 Å². The molecule has 3 nitrogen and oxygen atoms in total. The van der Waals surface area contributed by atoms with Crippen molar-refractivity contribution < 1.29 is 8.42 Å². The summed E-state index contributed by atoms with van der Waals surface area (Å²) < 4.78 is 23.1. The summed E-state index contributed by atoms with van der Waals surface area (Å²) >= 11 is 0. The Morgan fingerprint density at radius 1 is 1.33 bits per heavy atom. The summed E-state index contributed by atoms with van der Waals surface area (Å²) in [5.74, 6) is 0.0170. The first kappa shape index (κ1) is 12.2. The van der Waals surface area contributed by atoms with Gasteiger partial charge in [0.25, 0.3) is 0 Å². The van der Waals surface area contributed by atoms with Crippen LogP contribution in [0, 0.1) is 6.92 Å². The Bertz CT molecular complexity index is 444. The topological polar surface area (TPSA) is 47.0 Å². The van der Waals surface area contributed by atoms with Crippen LogP contribution in [0.5, 0.6) is 0 Å². The summed E-state index contributed by atoms with van der Waals surface area (Å²) in [4.78, 5) is 4.10. The maximum atomic E-state index is 11.9. The highest BCUT2D eigenvalue weighted by Gasteiger charge is 2.29. The number of hydrogen-bond donors (Lipinski definition) is 0. The highest BCUT2D eigenvalue weighted by atomic mass is 32.2. The SMILES string of the molecule is Cc1cccnc1CS(=O)(=O)C(C)(C)C. The summed E-state index contributed by atoms with van der Waals surface area (Å²) in [6.07, 6.45) is 1.63. The zero-order valence-electron chi connectivity index (χ0n) is 9.61. The molecule has 0 saturated heterocycles. The van der Waals surface area contributed by atoms with Crippen LogP contribution in [0.25, 0.3) is 0 Å². The molecule has 0 aliphatic rings. The van der Waals surface area contributed by atoms with E-state index in [2.05, 4.69) is 4.98 Å². The second-order valence-corrected chi connectivity index (χ2v) is 7.38. The first-order valence-corrected chi connectivity index (χ1v) is 6.52. The number of pyridine rings is 1. The first-order chi connectivity index (χ1) is 6.74. The molecule has 1 aromatic heterocycles. The van der Waals surface area contributed by atoms with Crippen molar-refractivity contribution in [2.45, 2.75) is 38.2 Å². The van der Waals surface area contributed by atoms with Gasteiger partial charge in [-0.1, -0.05) is 6.07 Å². The summed E-state index contributed by atoms with van der Waals surface area (Å²) in [5, 5.41) is 0. The Hall–Kier alpha value is -0.900. The Morgan fingerprint density at radius 2 is 1.93 bits per heavy atom. The molecule has 0 bridgehead atoms. The second-order valence-electron chi connectivity index (χ2n) is 4.64. The van der Waals surface area contributed by atoms with Crippen LogP contribution in [-0.2, 0) is 15.6 Å². The summed E-state index contributed by atoms with van der Waals surface area (Å²) in [6, 6.07) is 3.68. The fraction of sp³-hybridized carbons (Fsp3) is 0.545. The van der Waals surface area contributed by atoms with Gasteiger partial charge in [0.2, 0.25) is 0 Å². The van der Waals surface area contributed by atoms with E-state index in [-0.39, 0.29) is 5.75 Å². The molecule has 84 valence electrons. The molecule has 0 unspecified atom stereocenters. The van der Waals surface area contributed by atoms with Crippen molar-refractivity contribution in [1.82, 2.24) is 4.98 Å². The largest absolute Gasteiger partial charge is 0.260 e. The van der Waals surface area contributed by atoms with E-state index in [1.165, 1.54) is 0 Å². The third kappa shape index (κ3) is 2.78. The average Bonchev–Trinajstić information content (AvgIpc) is 2.06. The molecule has 0 aliphatic carbocycles. The summed E-state index contributed by atoms with van der Waals surface area (Å²) in [7, 11) is -3.14. The molecule has 0 atom stereocenters. The molecule has 0 fully saturated rings. The number of aryl methyl sites for hydroxylation is 1. The monoisotopic (exact) mass is 227 g/mol. The lowest BCUT2D eigenvalue weighted by atomic mass is 10.2. The van der Waals surface area contributed by atoms with Crippen molar-refractivity contribution in [3.63, 3.8) is 0 Å². The highest BCUT2D eigenvalue weighted by molar-refractivity contribution is 7.91. The maximum absolute atomic E-state index is 11.9. The van der Waals surface area contributed by atoms with Crippen molar-refractivity contribution in [2.75, 3.05) is 0 Å². The molecule has 0 amide bonds. The van der Waals surface area contributed by atoms with Gasteiger partial charge < -0.3 is 0 Å². The molecular weight excluding hydrogens is 210 g/mol. The van der Waals surface area contributed by atoms with Gasteiger partial charge in [-0.15, -0.1) is 0 Å². The zero-order chi connectivity index (χ0) is 11.7. The van der Waals surface area contributed by atoms with Crippen LogP contribution in [0.1, 0.15) is 32.0 Å². The highest BCUT2D eigenvalue weighted by Crippen LogP contribution is 2.20. The summed E-state index contributed by atoms with van der Waals surface area (Å²) in [6.45, 7) is 7.00. The van der Waals surface area contributed by atoms with Gasteiger partial charge in [-0.3, -0.25) is 4.98 Å². The number of rotatable bonds is 2. The van der Waals surface area contributed by atoms with E-state index in [9.17, 15) is 8.42 Å². The van der Waals surface area contributed by atoms with E-state index >= 15 is 0 Å². The smallest absolute Gasteiger partial charge is 0.160 e. The van der Waals surface area contributed by atoms with Crippen molar-refractivity contribution in [1.29, 1.82) is 0 Å². The minimum Gasteiger partial charge on any atom is -0.260 e. The summed E-state index contributed by atoms with van der Waals surface area (Å²) in [5.41, 5.74) is 1.57. The van der Waals surface area contributed by atoms with Crippen molar-refractivity contribution >= 4 is 9.84 Å². The molecule has 0 spiro atoms. The molecule has 0 saturated carbocycles. The van der Waals surface area contributed by atoms with E-state index in [4.69, 9.17) is 0 Å². The van der Waals surface area contributed by atoms with Crippen LogP contribution in [0.2, 0.25) is 0 Å². The fourth-order valence-corrected chi connectivity index (χ4v) is 2.16. The van der Waals surface area contributed by atoms with Gasteiger partial charge in [0, 0.05) is 6.20 Å². The van der Waals surface area contributed by atoms with Gasteiger partial charge in [-0.05, 0) is 39.3 Å². The van der Waals surface area contributed by atoms with E-state index in [1.807, 2.05) is 19.1 Å². The van der Waals surface area contributed by atoms with Gasteiger partial charge in [0.15, 0.2) is 9.84 Å². The molecule has 1 rings (SSSR count). The number of hydrogen-bond acceptors (Lipinski definition) is 3. The lowest BCUT2D eigenvalue weighted by Crippen LogP contribution is -2.29. The maximum Gasteiger partial charge on any atom is 0.160 e. The van der Waals surface area contributed by atoms with Crippen LogP contribution < -0.4 is 0 Å². The van der Waals surface area contributed by atoms with Crippen LogP contribution >= 0.6 is 0 Å². The minimum atomic E-state index is -3.14. The predicted octanol–water partition coefficient (Wildman–Crippen LogP) is 2.10. The van der Waals surface area contributed by atoms with Gasteiger partial charge in [-0.2, -0.15) is 0 Å². The van der Waals surface area contributed by atoms with Crippen molar-refractivity contribution in [3.8, 4) is 0 Å². The van der Waals surface area contributed by atoms with Crippen LogP contribution in [0.4, 0.5) is 0 Å². The molecule has 1 heterocycles. The van der Waals surface area contributed by atoms with Gasteiger partial charge >= 0.3 is 0 Å². The van der Waals surface area contributed by atoms with Crippen LogP contribution in [-0.4, -0.2) is 18.1 Å². The van der Waals surface area contributed by atoms with Gasteiger partial charge in [0.05, 0.1) is 16.2 Å². The Kier molecular flexibility index (Phi) is 3.19. The third-order valence-electron chi connectivity index (χ3n) is 2.38. The Morgan fingerprint density at radius 3 is 2.40 bits per heavy atom. The van der Waals surface area contributed by atoms with Crippen molar-refractivity contribution in [2.24, 2.45) is 0 Å². The number of sulfone groups is 1. The molecule has 1 aromatic rings. The molecule has 15 heavy (non-hydrogen) atoms. The van der Waals surface area contributed by atoms with E-state index in [1.54, 1.807) is 27.0 Å². The van der Waals surface area contributed by atoms with E-state index < -0.39 is 14.6 Å². The number of aromatic nitrogens is 1. The minimum absolute atomic E-state index is 0.0170. The third-order valence-corrected chi connectivity index (χ3v) is 4.90. The molecule has 4 heteroatoms. The molecule has 0 aromatic carbocycles. The Balaban J connectivity index is 3.03. The van der Waals surface area contributed by atoms with Crippen LogP contribution in [0.3, 0.4) is 0 Å². The molecule has 0 N–H and O–H groups in total. The molecule has 0 aliphatic heterocycles. The van der Waals surface area contributed by atoms with E-state index in [0.717, 1.165) is 5.56 Å². The molecular formula is C11H17NO2S. The second kappa shape index (κ2) is 3.93. The van der Waals surface area contributed by atoms with E-state index in [0.29, 0.717) is 5.69 Å². The first-order valence-electron chi connectivity index (χ1n) is 4.87. The Labute approximate surface area is 91.5 Å². The number of nitrogens with zero attached hydrogens (tertiary/aromatic N) is 1.